The molecule has 1 heterocycles. The lowest BCUT2D eigenvalue weighted by Gasteiger charge is -2.20. The van der Waals surface area contributed by atoms with Crippen LogP contribution in [0, 0.1) is 13.8 Å². The zero-order valence-corrected chi connectivity index (χ0v) is 13.0. The summed E-state index contributed by atoms with van der Waals surface area (Å²) in [6.07, 6.45) is 3.52. The van der Waals surface area contributed by atoms with Crippen molar-refractivity contribution in [3.8, 4) is 0 Å². The summed E-state index contributed by atoms with van der Waals surface area (Å²) in [7, 11) is 0. The standard InChI is InChI=1S/C19H24N2/c1-14-5-6-15(2)17(11-14)12-16-7-8-19(18(20)13-16)21-9-3-4-10-21/h5-8,11,13H,3-4,9-10,12,20H2,1-2H3. The maximum absolute atomic E-state index is 6.28. The lowest BCUT2D eigenvalue weighted by atomic mass is 9.98. The molecule has 0 amide bonds. The second kappa shape index (κ2) is 5.80. The number of hydrogen-bond donors (Lipinski definition) is 1. The van der Waals surface area contributed by atoms with Gasteiger partial charge in [0.05, 0.1) is 11.4 Å². The lowest BCUT2D eigenvalue weighted by molar-refractivity contribution is 0.949. The van der Waals surface area contributed by atoms with E-state index in [-0.39, 0.29) is 0 Å². The summed E-state index contributed by atoms with van der Waals surface area (Å²) in [4.78, 5) is 2.40. The average molecular weight is 280 g/mol. The predicted octanol–water partition coefficient (Wildman–Crippen LogP) is 4.08. The maximum Gasteiger partial charge on any atom is 0.0600 e. The van der Waals surface area contributed by atoms with Crippen LogP contribution in [0.15, 0.2) is 36.4 Å². The van der Waals surface area contributed by atoms with E-state index in [0.717, 1.165) is 25.2 Å². The molecule has 1 aliphatic heterocycles. The van der Waals surface area contributed by atoms with Gasteiger partial charge in [0.1, 0.15) is 0 Å². The van der Waals surface area contributed by atoms with Crippen LogP contribution in [0.2, 0.25) is 0 Å². The van der Waals surface area contributed by atoms with Crippen LogP contribution in [0.25, 0.3) is 0 Å². The number of nitrogens with zero attached hydrogens (tertiary/aromatic N) is 1. The first-order valence-electron chi connectivity index (χ1n) is 7.83. The molecule has 1 aliphatic rings. The highest BCUT2D eigenvalue weighted by Crippen LogP contribution is 2.28. The summed E-state index contributed by atoms with van der Waals surface area (Å²) in [5, 5.41) is 0. The van der Waals surface area contributed by atoms with E-state index in [4.69, 9.17) is 5.73 Å². The number of rotatable bonds is 3. The molecule has 0 bridgehead atoms. The van der Waals surface area contributed by atoms with E-state index in [0.29, 0.717) is 0 Å². The fourth-order valence-electron chi connectivity index (χ4n) is 3.17. The molecule has 21 heavy (non-hydrogen) atoms. The summed E-state index contributed by atoms with van der Waals surface area (Å²) >= 11 is 0. The molecule has 0 unspecified atom stereocenters. The highest BCUT2D eigenvalue weighted by molar-refractivity contribution is 5.69. The second-order valence-electron chi connectivity index (χ2n) is 6.19. The van der Waals surface area contributed by atoms with Crippen molar-refractivity contribution in [1.82, 2.24) is 0 Å². The summed E-state index contributed by atoms with van der Waals surface area (Å²) < 4.78 is 0. The number of aryl methyl sites for hydroxylation is 2. The number of benzene rings is 2. The Bertz CT molecular complexity index is 640. The van der Waals surface area contributed by atoms with Gasteiger partial charge in [0, 0.05) is 13.1 Å². The van der Waals surface area contributed by atoms with Gasteiger partial charge in [-0.25, -0.2) is 0 Å². The van der Waals surface area contributed by atoms with Gasteiger partial charge < -0.3 is 10.6 Å². The molecule has 2 nitrogen and oxygen atoms in total. The van der Waals surface area contributed by atoms with Crippen LogP contribution in [0.4, 0.5) is 11.4 Å². The monoisotopic (exact) mass is 280 g/mol. The Hall–Kier alpha value is -1.96. The van der Waals surface area contributed by atoms with Crippen molar-refractivity contribution in [2.75, 3.05) is 23.7 Å². The molecule has 2 aromatic carbocycles. The largest absolute Gasteiger partial charge is 0.397 e. The first kappa shape index (κ1) is 14.0. The van der Waals surface area contributed by atoms with Crippen LogP contribution in [0.1, 0.15) is 35.1 Å². The zero-order valence-electron chi connectivity index (χ0n) is 13.0. The van der Waals surface area contributed by atoms with E-state index >= 15 is 0 Å². The molecule has 3 rings (SSSR count). The summed E-state index contributed by atoms with van der Waals surface area (Å²) in [6.45, 7) is 6.60. The van der Waals surface area contributed by atoms with E-state index < -0.39 is 0 Å². The first-order chi connectivity index (χ1) is 10.1. The van der Waals surface area contributed by atoms with Crippen molar-refractivity contribution >= 4 is 11.4 Å². The van der Waals surface area contributed by atoms with Gasteiger partial charge in [0.2, 0.25) is 0 Å². The summed E-state index contributed by atoms with van der Waals surface area (Å²) in [6, 6.07) is 13.2. The van der Waals surface area contributed by atoms with Crippen molar-refractivity contribution in [3.63, 3.8) is 0 Å². The molecule has 0 saturated carbocycles. The van der Waals surface area contributed by atoms with Crippen molar-refractivity contribution in [3.05, 3.63) is 58.7 Å². The molecule has 0 atom stereocenters. The molecule has 110 valence electrons. The first-order valence-corrected chi connectivity index (χ1v) is 7.83. The Kier molecular flexibility index (Phi) is 3.87. The van der Waals surface area contributed by atoms with Gasteiger partial charge in [-0.3, -0.25) is 0 Å². The third-order valence-electron chi connectivity index (χ3n) is 4.44. The number of nitrogen functional groups attached to an aromatic ring is 1. The van der Waals surface area contributed by atoms with Gasteiger partial charge >= 0.3 is 0 Å². The highest BCUT2D eigenvalue weighted by Gasteiger charge is 2.15. The van der Waals surface area contributed by atoms with Crippen LogP contribution in [-0.4, -0.2) is 13.1 Å². The molecular weight excluding hydrogens is 256 g/mol. The number of nitrogens with two attached hydrogens (primary N) is 1. The Morgan fingerprint density at radius 3 is 2.48 bits per heavy atom. The highest BCUT2D eigenvalue weighted by atomic mass is 15.1. The van der Waals surface area contributed by atoms with Gasteiger partial charge in [-0.15, -0.1) is 0 Å². The molecule has 2 heteroatoms. The molecule has 1 saturated heterocycles. The van der Waals surface area contributed by atoms with Crippen LogP contribution in [-0.2, 0) is 6.42 Å². The lowest BCUT2D eigenvalue weighted by Crippen LogP contribution is -2.19. The fraction of sp³-hybridized carbons (Fsp3) is 0.368. The molecule has 0 aromatic heterocycles. The zero-order chi connectivity index (χ0) is 14.8. The van der Waals surface area contributed by atoms with Gasteiger partial charge in [-0.1, -0.05) is 29.8 Å². The Morgan fingerprint density at radius 1 is 1.00 bits per heavy atom. The average Bonchev–Trinajstić information content (AvgIpc) is 2.97. The van der Waals surface area contributed by atoms with E-state index in [1.54, 1.807) is 0 Å². The topological polar surface area (TPSA) is 29.3 Å². The molecule has 0 aliphatic carbocycles. The van der Waals surface area contributed by atoms with Gasteiger partial charge in [0.25, 0.3) is 0 Å². The second-order valence-corrected chi connectivity index (χ2v) is 6.19. The quantitative estimate of drug-likeness (QED) is 0.859. The smallest absolute Gasteiger partial charge is 0.0600 e. The van der Waals surface area contributed by atoms with Crippen LogP contribution in [0.3, 0.4) is 0 Å². The van der Waals surface area contributed by atoms with Crippen LogP contribution in [0.5, 0.6) is 0 Å². The maximum atomic E-state index is 6.28. The number of anilines is 2. The third-order valence-corrected chi connectivity index (χ3v) is 4.44. The van der Waals surface area contributed by atoms with E-state index in [1.807, 2.05) is 0 Å². The van der Waals surface area contributed by atoms with Crippen LogP contribution >= 0.6 is 0 Å². The molecule has 1 fully saturated rings. The Labute approximate surface area is 127 Å². The SMILES string of the molecule is Cc1ccc(C)c(Cc2ccc(N3CCCC3)c(N)c2)c1. The molecule has 0 radical (unpaired) electrons. The number of hydrogen-bond acceptors (Lipinski definition) is 2. The van der Waals surface area contributed by atoms with Crippen molar-refractivity contribution in [2.24, 2.45) is 0 Å². The minimum absolute atomic E-state index is 0.916. The molecule has 2 aromatic rings. The fourth-order valence-corrected chi connectivity index (χ4v) is 3.17. The van der Waals surface area contributed by atoms with E-state index in [9.17, 15) is 0 Å². The van der Waals surface area contributed by atoms with E-state index in [2.05, 4.69) is 55.1 Å². The minimum atomic E-state index is 0.916. The van der Waals surface area contributed by atoms with Crippen molar-refractivity contribution in [2.45, 2.75) is 33.1 Å². The van der Waals surface area contributed by atoms with E-state index in [1.165, 1.54) is 40.8 Å². The third kappa shape index (κ3) is 3.05. The van der Waals surface area contributed by atoms with Gasteiger partial charge in [-0.2, -0.15) is 0 Å². The van der Waals surface area contributed by atoms with Gasteiger partial charge in [-0.05, 0) is 61.9 Å². The molecular formula is C19H24N2. The van der Waals surface area contributed by atoms with Crippen LogP contribution < -0.4 is 10.6 Å². The summed E-state index contributed by atoms with van der Waals surface area (Å²) in [5.74, 6) is 0. The summed E-state index contributed by atoms with van der Waals surface area (Å²) in [5.41, 5.74) is 13.8. The minimum Gasteiger partial charge on any atom is -0.397 e. The molecule has 0 spiro atoms. The normalized spacial score (nSPS) is 14.7. The Balaban J connectivity index is 1.83. The predicted molar refractivity (Wildman–Crippen MR) is 91.0 cm³/mol. The Morgan fingerprint density at radius 2 is 1.76 bits per heavy atom. The van der Waals surface area contributed by atoms with Gasteiger partial charge in [0.15, 0.2) is 0 Å². The van der Waals surface area contributed by atoms with Crippen molar-refractivity contribution < 1.29 is 0 Å². The molecule has 2 N–H and O–H groups in total. The van der Waals surface area contributed by atoms with Crippen molar-refractivity contribution in [1.29, 1.82) is 0 Å².